The number of hydrogen-bond acceptors (Lipinski definition) is 4. The van der Waals surface area contributed by atoms with Crippen molar-refractivity contribution in [2.75, 3.05) is 11.1 Å². The molecular formula is C12H15NO4S. The molecule has 0 radical (unpaired) electrons. The lowest BCUT2D eigenvalue weighted by Crippen LogP contribution is -2.15. The van der Waals surface area contributed by atoms with Gasteiger partial charge in [0.2, 0.25) is 5.91 Å². The number of aromatic hydroxyl groups is 1. The highest BCUT2D eigenvalue weighted by atomic mass is 32.2. The zero-order valence-corrected chi connectivity index (χ0v) is 11.0. The van der Waals surface area contributed by atoms with Gasteiger partial charge in [0.05, 0.1) is 17.0 Å². The molecule has 0 unspecified atom stereocenters. The predicted octanol–water partition coefficient (Wildman–Crippen LogP) is 2.17. The summed E-state index contributed by atoms with van der Waals surface area (Å²) in [4.78, 5) is 22.2. The number of aromatic carboxylic acids is 1. The molecule has 0 atom stereocenters. The molecule has 1 aromatic rings. The van der Waals surface area contributed by atoms with Gasteiger partial charge in [-0.15, -0.1) is 11.8 Å². The number of phenols is 1. The minimum absolute atomic E-state index is 0.0259. The minimum Gasteiger partial charge on any atom is -0.506 e. The van der Waals surface area contributed by atoms with E-state index in [1.165, 1.54) is 23.9 Å². The molecule has 6 heteroatoms. The van der Waals surface area contributed by atoms with Crippen LogP contribution in [0, 0.1) is 0 Å². The summed E-state index contributed by atoms with van der Waals surface area (Å²) < 4.78 is 0. The van der Waals surface area contributed by atoms with E-state index in [0.717, 1.165) is 6.07 Å². The SMILES string of the molecule is CC(C)SCC(=O)Nc1ccc(C(=O)O)cc1O. The first-order valence-electron chi connectivity index (χ1n) is 5.38. The van der Waals surface area contributed by atoms with Gasteiger partial charge in [0.15, 0.2) is 0 Å². The Morgan fingerprint density at radius 3 is 2.56 bits per heavy atom. The number of anilines is 1. The molecule has 0 spiro atoms. The molecule has 0 saturated heterocycles. The third-order valence-electron chi connectivity index (χ3n) is 2.07. The van der Waals surface area contributed by atoms with Crippen LogP contribution in [0.4, 0.5) is 5.69 Å². The Kier molecular flexibility index (Phi) is 5.03. The van der Waals surface area contributed by atoms with Crippen molar-refractivity contribution in [1.82, 2.24) is 0 Å². The summed E-state index contributed by atoms with van der Waals surface area (Å²) in [6, 6.07) is 3.80. The lowest BCUT2D eigenvalue weighted by Gasteiger charge is -2.08. The summed E-state index contributed by atoms with van der Waals surface area (Å²) in [7, 11) is 0. The Balaban J connectivity index is 2.68. The molecule has 1 amide bonds. The lowest BCUT2D eigenvalue weighted by atomic mass is 10.2. The number of hydrogen-bond donors (Lipinski definition) is 3. The van der Waals surface area contributed by atoms with Gasteiger partial charge in [-0.2, -0.15) is 0 Å². The Hall–Kier alpha value is -1.69. The Morgan fingerprint density at radius 1 is 1.39 bits per heavy atom. The number of benzene rings is 1. The maximum atomic E-state index is 11.5. The quantitative estimate of drug-likeness (QED) is 0.713. The molecule has 1 rings (SSSR count). The molecular weight excluding hydrogens is 254 g/mol. The highest BCUT2D eigenvalue weighted by Crippen LogP contribution is 2.24. The largest absolute Gasteiger partial charge is 0.506 e. The van der Waals surface area contributed by atoms with Gasteiger partial charge < -0.3 is 15.5 Å². The van der Waals surface area contributed by atoms with Crippen molar-refractivity contribution in [3.05, 3.63) is 23.8 Å². The van der Waals surface area contributed by atoms with Gasteiger partial charge in [-0.1, -0.05) is 13.8 Å². The third-order valence-corrected chi connectivity index (χ3v) is 3.16. The third kappa shape index (κ3) is 4.29. The van der Waals surface area contributed by atoms with Crippen LogP contribution in [0.3, 0.4) is 0 Å². The molecule has 0 fully saturated rings. The van der Waals surface area contributed by atoms with E-state index in [2.05, 4.69) is 5.32 Å². The number of carbonyl (C=O) groups excluding carboxylic acids is 1. The van der Waals surface area contributed by atoms with Crippen molar-refractivity contribution in [3.8, 4) is 5.75 Å². The van der Waals surface area contributed by atoms with E-state index in [9.17, 15) is 14.7 Å². The van der Waals surface area contributed by atoms with Crippen LogP contribution in [0.5, 0.6) is 5.75 Å². The number of carboxylic acids is 1. The van der Waals surface area contributed by atoms with Crippen molar-refractivity contribution in [2.45, 2.75) is 19.1 Å². The molecule has 18 heavy (non-hydrogen) atoms. The van der Waals surface area contributed by atoms with Gasteiger partial charge in [0.1, 0.15) is 5.75 Å². The summed E-state index contributed by atoms with van der Waals surface area (Å²) in [5, 5.41) is 21.2. The van der Waals surface area contributed by atoms with Gasteiger partial charge in [0.25, 0.3) is 0 Å². The van der Waals surface area contributed by atoms with Gasteiger partial charge in [-0.05, 0) is 23.4 Å². The normalized spacial score (nSPS) is 10.4. The first-order chi connectivity index (χ1) is 8.40. The Morgan fingerprint density at radius 2 is 2.06 bits per heavy atom. The van der Waals surface area contributed by atoms with Crippen LogP contribution in [-0.2, 0) is 4.79 Å². The first-order valence-corrected chi connectivity index (χ1v) is 6.42. The molecule has 3 N–H and O–H groups in total. The summed E-state index contributed by atoms with van der Waals surface area (Å²) in [5.74, 6) is -1.32. The number of thioether (sulfide) groups is 1. The van der Waals surface area contributed by atoms with E-state index in [0.29, 0.717) is 5.25 Å². The number of amides is 1. The van der Waals surface area contributed by atoms with Crippen molar-refractivity contribution in [2.24, 2.45) is 0 Å². The van der Waals surface area contributed by atoms with Gasteiger partial charge in [0, 0.05) is 0 Å². The van der Waals surface area contributed by atoms with E-state index in [4.69, 9.17) is 5.11 Å². The van der Waals surface area contributed by atoms with E-state index in [1.54, 1.807) is 0 Å². The average Bonchev–Trinajstić information content (AvgIpc) is 2.29. The number of phenolic OH excluding ortho intramolecular Hbond substituents is 1. The molecule has 0 aromatic heterocycles. The maximum Gasteiger partial charge on any atom is 0.335 e. The van der Waals surface area contributed by atoms with Crippen molar-refractivity contribution < 1.29 is 19.8 Å². The standard InChI is InChI=1S/C12H15NO4S/c1-7(2)18-6-11(15)13-9-4-3-8(12(16)17)5-10(9)14/h3-5,7,14H,6H2,1-2H3,(H,13,15)(H,16,17). The summed E-state index contributed by atoms with van der Waals surface area (Å²) >= 11 is 1.48. The van der Waals surface area contributed by atoms with Crippen molar-refractivity contribution >= 4 is 29.3 Å². The van der Waals surface area contributed by atoms with Crippen LogP contribution in [0.15, 0.2) is 18.2 Å². The van der Waals surface area contributed by atoms with Crippen LogP contribution < -0.4 is 5.32 Å². The second-order valence-electron chi connectivity index (χ2n) is 3.95. The van der Waals surface area contributed by atoms with Crippen LogP contribution >= 0.6 is 11.8 Å². The van der Waals surface area contributed by atoms with E-state index < -0.39 is 5.97 Å². The second kappa shape index (κ2) is 6.30. The Labute approximate surface area is 109 Å². The highest BCUT2D eigenvalue weighted by molar-refractivity contribution is 8.00. The summed E-state index contributed by atoms with van der Waals surface area (Å²) in [6.07, 6.45) is 0. The van der Waals surface area contributed by atoms with Gasteiger partial charge >= 0.3 is 5.97 Å². The monoisotopic (exact) mass is 269 g/mol. The number of carboxylic acid groups (broad SMARTS) is 1. The fourth-order valence-corrected chi connectivity index (χ4v) is 1.76. The minimum atomic E-state index is -1.13. The molecule has 0 aliphatic carbocycles. The zero-order chi connectivity index (χ0) is 13.7. The zero-order valence-electron chi connectivity index (χ0n) is 10.1. The van der Waals surface area contributed by atoms with E-state index >= 15 is 0 Å². The van der Waals surface area contributed by atoms with E-state index in [1.807, 2.05) is 13.8 Å². The molecule has 0 aliphatic rings. The van der Waals surface area contributed by atoms with Crippen molar-refractivity contribution in [3.63, 3.8) is 0 Å². The maximum absolute atomic E-state index is 11.5. The molecule has 0 bridgehead atoms. The lowest BCUT2D eigenvalue weighted by molar-refractivity contribution is -0.113. The van der Waals surface area contributed by atoms with Crippen LogP contribution in [-0.4, -0.2) is 33.1 Å². The van der Waals surface area contributed by atoms with Crippen LogP contribution in [0.1, 0.15) is 24.2 Å². The number of rotatable bonds is 5. The topological polar surface area (TPSA) is 86.6 Å². The van der Waals surface area contributed by atoms with Gasteiger partial charge in [-0.3, -0.25) is 4.79 Å². The molecule has 1 aromatic carbocycles. The molecule has 5 nitrogen and oxygen atoms in total. The van der Waals surface area contributed by atoms with Crippen LogP contribution in [0.25, 0.3) is 0 Å². The fourth-order valence-electron chi connectivity index (χ4n) is 1.20. The van der Waals surface area contributed by atoms with Crippen LogP contribution in [0.2, 0.25) is 0 Å². The molecule has 0 aliphatic heterocycles. The highest BCUT2D eigenvalue weighted by Gasteiger charge is 2.10. The smallest absolute Gasteiger partial charge is 0.335 e. The van der Waals surface area contributed by atoms with E-state index in [-0.39, 0.29) is 28.7 Å². The average molecular weight is 269 g/mol. The predicted molar refractivity (Wildman–Crippen MR) is 71.3 cm³/mol. The fraction of sp³-hybridized carbons (Fsp3) is 0.333. The second-order valence-corrected chi connectivity index (χ2v) is 5.51. The first kappa shape index (κ1) is 14.4. The number of carbonyl (C=O) groups is 2. The summed E-state index contributed by atoms with van der Waals surface area (Å²) in [5.41, 5.74) is 0.191. The molecule has 0 heterocycles. The molecule has 98 valence electrons. The summed E-state index contributed by atoms with van der Waals surface area (Å²) in [6.45, 7) is 3.97. The van der Waals surface area contributed by atoms with Gasteiger partial charge in [-0.25, -0.2) is 4.79 Å². The number of nitrogens with one attached hydrogen (secondary N) is 1. The van der Waals surface area contributed by atoms with Crippen molar-refractivity contribution in [1.29, 1.82) is 0 Å². The molecule has 0 saturated carbocycles. The Bertz CT molecular complexity index is 459.